The quantitative estimate of drug-likeness (QED) is 0.271. The third-order valence-corrected chi connectivity index (χ3v) is 5.45. The molecule has 1 N–H and O–H groups in total. The summed E-state index contributed by atoms with van der Waals surface area (Å²) in [7, 11) is 0. The number of nitro groups is 1. The van der Waals surface area contributed by atoms with Crippen LogP contribution in [0.15, 0.2) is 72.8 Å². The summed E-state index contributed by atoms with van der Waals surface area (Å²) in [5.41, 5.74) is 2.53. The van der Waals surface area contributed by atoms with Crippen molar-refractivity contribution in [1.82, 2.24) is 0 Å². The summed E-state index contributed by atoms with van der Waals surface area (Å²) < 4.78 is 5.79. The molecule has 0 aromatic heterocycles. The van der Waals surface area contributed by atoms with E-state index in [0.29, 0.717) is 29.1 Å². The molecule has 7 heteroatoms. The second kappa shape index (κ2) is 9.51. The number of nitrogens with zero attached hydrogens (tertiary/aromatic N) is 2. The van der Waals surface area contributed by atoms with Crippen LogP contribution in [-0.4, -0.2) is 17.4 Å². The number of para-hydroxylation sites is 1. The lowest BCUT2D eigenvalue weighted by atomic mass is 10.0. The second-order valence-corrected chi connectivity index (χ2v) is 7.67. The van der Waals surface area contributed by atoms with E-state index in [1.807, 2.05) is 42.5 Å². The third kappa shape index (κ3) is 4.42. The van der Waals surface area contributed by atoms with E-state index in [1.54, 1.807) is 23.1 Å². The number of nitro benzene ring substituents is 1. The zero-order valence-corrected chi connectivity index (χ0v) is 17.9. The number of hydrogen-bond donors (Lipinski definition) is 1. The number of non-ortho nitro benzene ring substituents is 1. The second-order valence-electron chi connectivity index (χ2n) is 7.67. The molecule has 0 spiro atoms. The highest BCUT2D eigenvalue weighted by atomic mass is 16.6. The van der Waals surface area contributed by atoms with Crippen molar-refractivity contribution in [2.45, 2.75) is 32.4 Å². The van der Waals surface area contributed by atoms with Crippen molar-refractivity contribution < 1.29 is 14.5 Å². The van der Waals surface area contributed by atoms with E-state index in [9.17, 15) is 14.9 Å². The highest BCUT2D eigenvalue weighted by Gasteiger charge is 2.34. The van der Waals surface area contributed by atoms with Gasteiger partial charge in [0.25, 0.3) is 11.6 Å². The minimum Gasteiger partial charge on any atom is -0.494 e. The monoisotopic (exact) mass is 431 g/mol. The van der Waals surface area contributed by atoms with Crippen molar-refractivity contribution >= 4 is 23.0 Å². The molecule has 0 saturated heterocycles. The number of carbonyl (C=O) groups is 1. The van der Waals surface area contributed by atoms with Gasteiger partial charge in [-0.15, -0.1) is 0 Å². The highest BCUT2D eigenvalue weighted by molar-refractivity contribution is 6.12. The number of fused-ring (bicyclic) bond motifs is 1. The van der Waals surface area contributed by atoms with Gasteiger partial charge in [-0.3, -0.25) is 19.8 Å². The van der Waals surface area contributed by atoms with Gasteiger partial charge >= 0.3 is 0 Å². The lowest BCUT2D eigenvalue weighted by Crippen LogP contribution is -2.43. The van der Waals surface area contributed by atoms with E-state index in [-0.39, 0.29) is 11.6 Å². The van der Waals surface area contributed by atoms with Crippen LogP contribution in [0.25, 0.3) is 0 Å². The van der Waals surface area contributed by atoms with Crippen LogP contribution in [0, 0.1) is 10.1 Å². The van der Waals surface area contributed by atoms with E-state index < -0.39 is 11.1 Å². The van der Waals surface area contributed by atoms with Gasteiger partial charge in [-0.2, -0.15) is 0 Å². The number of carbonyl (C=O) groups excluding carboxylic acids is 1. The molecule has 0 fully saturated rings. The molecule has 1 aliphatic heterocycles. The Morgan fingerprint density at radius 2 is 1.81 bits per heavy atom. The van der Waals surface area contributed by atoms with E-state index >= 15 is 0 Å². The smallest absolute Gasteiger partial charge is 0.269 e. The number of nitrogens with one attached hydrogen (secondary N) is 1. The fraction of sp³-hybridized carbons (Fsp3) is 0.240. The lowest BCUT2D eigenvalue weighted by Gasteiger charge is -2.38. The van der Waals surface area contributed by atoms with Crippen LogP contribution in [0.1, 0.15) is 48.3 Å². The van der Waals surface area contributed by atoms with E-state index in [0.717, 1.165) is 25.0 Å². The molecule has 1 amide bonds. The molecule has 1 aliphatic rings. The number of hydrogen-bond acceptors (Lipinski definition) is 5. The third-order valence-electron chi connectivity index (χ3n) is 5.45. The molecule has 0 aliphatic carbocycles. The molecule has 32 heavy (non-hydrogen) atoms. The Kier molecular flexibility index (Phi) is 6.35. The Morgan fingerprint density at radius 3 is 2.56 bits per heavy atom. The van der Waals surface area contributed by atoms with E-state index in [2.05, 4.69) is 12.2 Å². The summed E-state index contributed by atoms with van der Waals surface area (Å²) in [6.07, 6.45) is 2.66. The highest BCUT2D eigenvalue weighted by Crippen LogP contribution is 2.37. The molecule has 164 valence electrons. The van der Waals surface area contributed by atoms with Crippen LogP contribution >= 0.6 is 0 Å². The molecule has 0 saturated carbocycles. The van der Waals surface area contributed by atoms with Crippen LogP contribution in [0.2, 0.25) is 0 Å². The summed E-state index contributed by atoms with van der Waals surface area (Å²) in [4.78, 5) is 26.0. The Morgan fingerprint density at radius 1 is 1.03 bits per heavy atom. The SMILES string of the molecule is CCCCCOc1ccc(N2C(=O)c3ccccc3NC2c2cccc([N+](=O)[O-])c2)cc1. The number of rotatable bonds is 8. The molecular formula is C25H25N3O4. The first kappa shape index (κ1) is 21.4. The van der Waals surface area contributed by atoms with Gasteiger partial charge in [0.1, 0.15) is 11.9 Å². The topological polar surface area (TPSA) is 84.7 Å². The Bertz CT molecular complexity index is 1110. The van der Waals surface area contributed by atoms with Gasteiger partial charge in [-0.1, -0.05) is 44.0 Å². The van der Waals surface area contributed by atoms with Crippen LogP contribution in [0.3, 0.4) is 0 Å². The predicted octanol–water partition coefficient (Wildman–Crippen LogP) is 5.93. The van der Waals surface area contributed by atoms with Crippen molar-refractivity contribution in [2.75, 3.05) is 16.8 Å². The van der Waals surface area contributed by atoms with Gasteiger partial charge in [0, 0.05) is 29.1 Å². The summed E-state index contributed by atoms with van der Waals surface area (Å²) in [5, 5.41) is 14.7. The van der Waals surface area contributed by atoms with Crippen LogP contribution < -0.4 is 15.0 Å². The van der Waals surface area contributed by atoms with Crippen molar-refractivity contribution in [3.63, 3.8) is 0 Å². The minimum absolute atomic E-state index is 0.0219. The molecule has 1 heterocycles. The first-order chi connectivity index (χ1) is 15.6. The molecule has 3 aromatic carbocycles. The fourth-order valence-corrected chi connectivity index (χ4v) is 3.81. The fourth-order valence-electron chi connectivity index (χ4n) is 3.81. The number of ether oxygens (including phenoxy) is 1. The Labute approximate surface area is 186 Å². The van der Waals surface area contributed by atoms with Gasteiger partial charge in [-0.05, 0) is 42.8 Å². The molecule has 3 aromatic rings. The number of benzene rings is 3. The maximum absolute atomic E-state index is 13.5. The maximum Gasteiger partial charge on any atom is 0.269 e. The summed E-state index contributed by atoms with van der Waals surface area (Å²) >= 11 is 0. The summed E-state index contributed by atoms with van der Waals surface area (Å²) in [6, 6.07) is 21.0. The molecule has 1 atom stereocenters. The lowest BCUT2D eigenvalue weighted by molar-refractivity contribution is -0.384. The number of amides is 1. The van der Waals surface area contributed by atoms with Crippen molar-refractivity contribution in [3.8, 4) is 5.75 Å². The van der Waals surface area contributed by atoms with Crippen LogP contribution in [-0.2, 0) is 0 Å². The average Bonchev–Trinajstić information content (AvgIpc) is 2.82. The zero-order valence-electron chi connectivity index (χ0n) is 17.9. The molecule has 1 unspecified atom stereocenters. The van der Waals surface area contributed by atoms with E-state index in [1.165, 1.54) is 12.1 Å². The molecule has 7 nitrogen and oxygen atoms in total. The predicted molar refractivity (Wildman–Crippen MR) is 124 cm³/mol. The maximum atomic E-state index is 13.5. The van der Waals surface area contributed by atoms with Gasteiger partial charge < -0.3 is 10.1 Å². The summed E-state index contributed by atoms with van der Waals surface area (Å²) in [5.74, 6) is 0.571. The molecular weight excluding hydrogens is 406 g/mol. The first-order valence-electron chi connectivity index (χ1n) is 10.7. The number of unbranched alkanes of at least 4 members (excludes halogenated alkanes) is 2. The Hall–Kier alpha value is -3.87. The molecule has 4 rings (SSSR count). The normalized spacial score (nSPS) is 15.1. The van der Waals surface area contributed by atoms with Crippen LogP contribution in [0.4, 0.5) is 17.1 Å². The van der Waals surface area contributed by atoms with Gasteiger partial charge in [0.15, 0.2) is 0 Å². The first-order valence-corrected chi connectivity index (χ1v) is 10.7. The molecule has 0 radical (unpaired) electrons. The average molecular weight is 431 g/mol. The van der Waals surface area contributed by atoms with E-state index in [4.69, 9.17) is 4.74 Å². The standard InChI is InChI=1S/C25H25N3O4/c1-2-3-6-16-32-21-14-12-19(13-15-21)27-24(18-8-7-9-20(17-18)28(30)31)26-23-11-5-4-10-22(23)25(27)29/h4-5,7-15,17,24,26H,2-3,6,16H2,1H3. The summed E-state index contributed by atoms with van der Waals surface area (Å²) in [6.45, 7) is 2.80. The van der Waals surface area contributed by atoms with Gasteiger partial charge in [0.2, 0.25) is 0 Å². The van der Waals surface area contributed by atoms with Gasteiger partial charge in [-0.25, -0.2) is 0 Å². The molecule has 0 bridgehead atoms. The van der Waals surface area contributed by atoms with Crippen molar-refractivity contribution in [2.24, 2.45) is 0 Å². The van der Waals surface area contributed by atoms with Crippen LogP contribution in [0.5, 0.6) is 5.75 Å². The minimum atomic E-state index is -0.589. The Balaban J connectivity index is 1.68. The van der Waals surface area contributed by atoms with Gasteiger partial charge in [0.05, 0.1) is 17.1 Å². The van der Waals surface area contributed by atoms with Crippen molar-refractivity contribution in [1.29, 1.82) is 0 Å². The van der Waals surface area contributed by atoms with Crippen molar-refractivity contribution in [3.05, 3.63) is 94.0 Å². The largest absolute Gasteiger partial charge is 0.494 e. The zero-order chi connectivity index (χ0) is 22.5. The number of anilines is 2.